The summed E-state index contributed by atoms with van der Waals surface area (Å²) in [5.41, 5.74) is 2.55. The van der Waals surface area contributed by atoms with Crippen molar-refractivity contribution in [3.05, 3.63) is 102 Å². The van der Waals surface area contributed by atoms with Gasteiger partial charge in [0.2, 0.25) is 0 Å². The fourth-order valence-electron chi connectivity index (χ4n) is 3.31. The number of benzene rings is 3. The second kappa shape index (κ2) is 11.4. The molecule has 0 saturated heterocycles. The lowest BCUT2D eigenvalue weighted by atomic mass is 9.95. The van der Waals surface area contributed by atoms with Gasteiger partial charge in [-0.25, -0.2) is 0 Å². The number of ketones is 1. The number of Topliss-reactive ketones (excluding diaryl/α,β-unsaturated/α-hetero) is 1. The Hall–Kier alpha value is -2.66. The molecule has 3 aromatic carbocycles. The first-order chi connectivity index (χ1) is 13.7. The summed E-state index contributed by atoms with van der Waals surface area (Å²) < 4.78 is 5.19. The summed E-state index contributed by atoms with van der Waals surface area (Å²) in [4.78, 5) is 12.5. The largest absolute Gasteiger partial charge is 1.00 e. The van der Waals surface area contributed by atoms with Crippen LogP contribution in [0.3, 0.4) is 0 Å². The summed E-state index contributed by atoms with van der Waals surface area (Å²) in [5, 5.41) is 13.0. The molecule has 0 spiro atoms. The topological polar surface area (TPSA) is 63.1 Å². The quantitative estimate of drug-likeness (QED) is 0.498. The lowest BCUT2D eigenvalue weighted by molar-refractivity contribution is -0.703. The van der Waals surface area contributed by atoms with Crippen molar-refractivity contribution in [2.75, 3.05) is 13.7 Å². The predicted molar refractivity (Wildman–Crippen MR) is 109 cm³/mol. The van der Waals surface area contributed by atoms with E-state index in [9.17, 15) is 9.90 Å². The van der Waals surface area contributed by atoms with E-state index in [4.69, 9.17) is 4.74 Å². The van der Waals surface area contributed by atoms with E-state index < -0.39 is 6.10 Å². The van der Waals surface area contributed by atoms with Gasteiger partial charge in [0.25, 0.3) is 0 Å². The molecule has 2 unspecified atom stereocenters. The minimum atomic E-state index is -0.657. The van der Waals surface area contributed by atoms with Crippen molar-refractivity contribution in [1.82, 2.24) is 0 Å². The molecule has 2 atom stereocenters. The zero-order valence-corrected chi connectivity index (χ0v) is 17.1. The third-order valence-electron chi connectivity index (χ3n) is 4.85. The summed E-state index contributed by atoms with van der Waals surface area (Å²) in [5.74, 6) is 0.743. The number of carbonyl (C=O) groups is 1. The predicted octanol–water partition coefficient (Wildman–Crippen LogP) is 0.310. The van der Waals surface area contributed by atoms with E-state index in [1.807, 2.05) is 78.1 Å². The first-order valence-electron chi connectivity index (χ1n) is 9.47. The zero-order valence-electron chi connectivity index (χ0n) is 16.4. The molecular formula is C24H26ClNO3. The van der Waals surface area contributed by atoms with Crippen molar-refractivity contribution in [3.63, 3.8) is 0 Å². The van der Waals surface area contributed by atoms with Gasteiger partial charge in [0.1, 0.15) is 17.9 Å². The van der Waals surface area contributed by atoms with Gasteiger partial charge in [-0.2, -0.15) is 0 Å². The molecule has 3 N–H and O–H groups in total. The van der Waals surface area contributed by atoms with Crippen LogP contribution in [0.15, 0.2) is 84.9 Å². The Labute approximate surface area is 178 Å². The summed E-state index contributed by atoms with van der Waals surface area (Å²) in [7, 11) is 1.59. The molecule has 0 aromatic heterocycles. The fraction of sp³-hybridized carbons (Fsp3) is 0.208. The van der Waals surface area contributed by atoms with Crippen LogP contribution in [0.5, 0.6) is 5.75 Å². The number of aliphatic hydroxyl groups is 1. The number of nitrogens with two attached hydrogens (primary N) is 1. The summed E-state index contributed by atoms with van der Waals surface area (Å²) in [6.45, 7) is 0.583. The van der Waals surface area contributed by atoms with Gasteiger partial charge >= 0.3 is 0 Å². The number of halogens is 1. The molecule has 0 amide bonds. The van der Waals surface area contributed by atoms with Crippen LogP contribution in [-0.2, 0) is 0 Å². The second-order valence-electron chi connectivity index (χ2n) is 6.72. The van der Waals surface area contributed by atoms with Crippen LogP contribution >= 0.6 is 0 Å². The highest BCUT2D eigenvalue weighted by atomic mass is 35.5. The van der Waals surface area contributed by atoms with Gasteiger partial charge in [-0.3, -0.25) is 4.79 Å². The first-order valence-corrected chi connectivity index (χ1v) is 9.47. The molecule has 3 aromatic rings. The van der Waals surface area contributed by atoms with Gasteiger partial charge in [-0.05, 0) is 17.7 Å². The molecule has 0 bridgehead atoms. The van der Waals surface area contributed by atoms with Gasteiger partial charge in [0.05, 0.1) is 20.1 Å². The Morgan fingerprint density at radius 2 is 1.55 bits per heavy atom. The van der Waals surface area contributed by atoms with E-state index in [1.54, 1.807) is 19.2 Å². The number of methoxy groups -OCH3 is 1. The van der Waals surface area contributed by atoms with Gasteiger partial charge in [0.15, 0.2) is 5.78 Å². The molecule has 152 valence electrons. The Kier molecular flexibility index (Phi) is 8.87. The minimum Gasteiger partial charge on any atom is -1.00 e. The lowest BCUT2D eigenvalue weighted by Crippen LogP contribution is -3.00. The van der Waals surface area contributed by atoms with Crippen LogP contribution in [0, 0.1) is 0 Å². The standard InChI is InChI=1S/C24H25NO3.ClH/c1-28-21-14-8-13-20(17-21)22(26)15-16-25-23(18-9-4-2-5-10-18)24(27)19-11-6-3-7-12-19;/h2-14,17,23-25,27H,15-16H2,1H3;1H. The molecule has 0 fully saturated rings. The molecule has 5 heteroatoms. The van der Waals surface area contributed by atoms with E-state index in [-0.39, 0.29) is 24.2 Å². The molecule has 0 aliphatic heterocycles. The average molecular weight is 412 g/mol. The maximum atomic E-state index is 12.5. The number of ether oxygens (including phenoxy) is 1. The Morgan fingerprint density at radius 3 is 2.17 bits per heavy atom. The maximum absolute atomic E-state index is 12.5. The number of rotatable bonds is 9. The summed E-state index contributed by atoms with van der Waals surface area (Å²) in [6, 6.07) is 26.6. The van der Waals surface area contributed by atoms with E-state index in [0.717, 1.165) is 11.1 Å². The van der Waals surface area contributed by atoms with E-state index >= 15 is 0 Å². The van der Waals surface area contributed by atoms with E-state index in [2.05, 4.69) is 0 Å². The van der Waals surface area contributed by atoms with Crippen LogP contribution in [0.4, 0.5) is 0 Å². The van der Waals surface area contributed by atoms with Crippen molar-refractivity contribution in [2.45, 2.75) is 18.6 Å². The van der Waals surface area contributed by atoms with Crippen LogP contribution in [0.1, 0.15) is 40.1 Å². The normalized spacial score (nSPS) is 12.5. The Balaban J connectivity index is 0.00000300. The molecular weight excluding hydrogens is 386 g/mol. The van der Waals surface area contributed by atoms with Gasteiger partial charge in [-0.15, -0.1) is 0 Å². The number of carbonyl (C=O) groups excluding carboxylic acids is 1. The minimum absolute atomic E-state index is 0. The third kappa shape index (κ3) is 6.16. The van der Waals surface area contributed by atoms with Crippen LogP contribution in [-0.4, -0.2) is 24.5 Å². The van der Waals surface area contributed by atoms with E-state index in [1.165, 1.54) is 0 Å². The van der Waals surface area contributed by atoms with Crippen molar-refractivity contribution in [2.24, 2.45) is 0 Å². The molecule has 3 rings (SSSR count). The number of hydrogen-bond acceptors (Lipinski definition) is 3. The van der Waals surface area contributed by atoms with Crippen molar-refractivity contribution >= 4 is 5.78 Å². The fourth-order valence-corrected chi connectivity index (χ4v) is 3.31. The highest BCUT2D eigenvalue weighted by Gasteiger charge is 2.26. The number of hydrogen-bond donors (Lipinski definition) is 2. The van der Waals surface area contributed by atoms with Crippen LogP contribution < -0.4 is 22.5 Å². The summed E-state index contributed by atoms with van der Waals surface area (Å²) in [6.07, 6.45) is -0.270. The zero-order chi connectivity index (χ0) is 19.8. The Bertz CT molecular complexity index is 887. The first kappa shape index (κ1) is 22.6. The van der Waals surface area contributed by atoms with Crippen molar-refractivity contribution in [3.8, 4) is 5.75 Å². The monoisotopic (exact) mass is 411 g/mol. The van der Waals surface area contributed by atoms with E-state index in [0.29, 0.717) is 24.3 Å². The molecule has 29 heavy (non-hydrogen) atoms. The molecule has 0 aliphatic rings. The van der Waals surface area contributed by atoms with Crippen LogP contribution in [0.25, 0.3) is 0 Å². The van der Waals surface area contributed by atoms with Gasteiger partial charge < -0.3 is 27.6 Å². The highest BCUT2D eigenvalue weighted by Crippen LogP contribution is 2.25. The third-order valence-corrected chi connectivity index (χ3v) is 4.85. The SMILES string of the molecule is COc1cccc(C(=O)CC[NH2+]C(c2ccccc2)C(O)c2ccccc2)c1.[Cl-]. The highest BCUT2D eigenvalue weighted by molar-refractivity contribution is 5.96. The number of quaternary nitrogens is 1. The van der Waals surface area contributed by atoms with Crippen molar-refractivity contribution < 1.29 is 32.4 Å². The molecule has 0 heterocycles. The smallest absolute Gasteiger partial charge is 0.168 e. The second-order valence-corrected chi connectivity index (χ2v) is 6.72. The average Bonchev–Trinajstić information content (AvgIpc) is 2.77. The molecule has 0 aliphatic carbocycles. The number of aliphatic hydroxyl groups excluding tert-OH is 1. The molecule has 0 radical (unpaired) electrons. The summed E-state index contributed by atoms with van der Waals surface area (Å²) >= 11 is 0. The Morgan fingerprint density at radius 1 is 0.931 bits per heavy atom. The lowest BCUT2D eigenvalue weighted by Gasteiger charge is -2.22. The molecule has 4 nitrogen and oxygen atoms in total. The van der Waals surface area contributed by atoms with Gasteiger partial charge in [0, 0.05) is 11.1 Å². The van der Waals surface area contributed by atoms with Crippen molar-refractivity contribution in [1.29, 1.82) is 0 Å². The van der Waals surface area contributed by atoms with Crippen LogP contribution in [0.2, 0.25) is 0 Å². The van der Waals surface area contributed by atoms with Gasteiger partial charge in [-0.1, -0.05) is 72.8 Å². The molecule has 0 saturated carbocycles. The maximum Gasteiger partial charge on any atom is 0.168 e.